The summed E-state index contributed by atoms with van der Waals surface area (Å²) in [4.78, 5) is 28.5. The van der Waals surface area contributed by atoms with Crippen LogP contribution in [-0.2, 0) is 6.54 Å². The summed E-state index contributed by atoms with van der Waals surface area (Å²) in [6.07, 6.45) is 4.77. The molecule has 0 saturated heterocycles. The Morgan fingerprint density at radius 1 is 0.920 bits per heavy atom. The number of rotatable bonds is 5. The van der Waals surface area contributed by atoms with Crippen LogP contribution >= 0.6 is 0 Å². The first-order valence-electron chi connectivity index (χ1n) is 8.35. The summed E-state index contributed by atoms with van der Waals surface area (Å²) in [5, 5.41) is 0. The lowest BCUT2D eigenvalue weighted by molar-refractivity contribution is -0.793. The van der Waals surface area contributed by atoms with E-state index in [0.717, 1.165) is 18.8 Å². The van der Waals surface area contributed by atoms with Crippen LogP contribution in [0.4, 0.5) is 0 Å². The Morgan fingerprint density at radius 3 is 2.20 bits per heavy atom. The number of aromatic nitrogens is 2. The molecular formula is C19H26N4O2+2. The first kappa shape index (κ1) is 18.6. The molecule has 25 heavy (non-hydrogen) atoms. The van der Waals surface area contributed by atoms with Crippen molar-refractivity contribution < 1.29 is 18.7 Å². The Kier molecular flexibility index (Phi) is 5.85. The van der Waals surface area contributed by atoms with Crippen molar-refractivity contribution in [3.63, 3.8) is 0 Å². The largest absolute Gasteiger partial charge is 0.449 e. The van der Waals surface area contributed by atoms with Crippen LogP contribution in [0.15, 0.2) is 42.7 Å². The summed E-state index contributed by atoms with van der Waals surface area (Å²) in [6, 6.07) is 9.34. The highest BCUT2D eigenvalue weighted by Crippen LogP contribution is 2.10. The van der Waals surface area contributed by atoms with Crippen LogP contribution in [0.3, 0.4) is 0 Å². The lowest BCUT2D eigenvalue weighted by Crippen LogP contribution is -2.53. The van der Waals surface area contributed by atoms with Crippen molar-refractivity contribution in [1.82, 2.24) is 9.80 Å². The second kappa shape index (κ2) is 7.88. The van der Waals surface area contributed by atoms with Crippen LogP contribution in [0.25, 0.3) is 5.82 Å². The second-order valence-electron chi connectivity index (χ2n) is 6.29. The maximum absolute atomic E-state index is 12.9. The van der Waals surface area contributed by atoms with Crippen molar-refractivity contribution in [2.75, 3.05) is 28.2 Å². The van der Waals surface area contributed by atoms with Crippen LogP contribution in [0.2, 0.25) is 0 Å². The van der Waals surface area contributed by atoms with Crippen LogP contribution in [0.5, 0.6) is 0 Å². The van der Waals surface area contributed by atoms with Gasteiger partial charge in [-0.1, -0.05) is 11.5 Å². The predicted molar refractivity (Wildman–Crippen MR) is 94.5 cm³/mol. The topological polar surface area (TPSA) is 48.4 Å². The Labute approximate surface area is 148 Å². The quantitative estimate of drug-likeness (QED) is 0.763. The molecule has 2 aromatic rings. The normalized spacial score (nSPS) is 10.4. The van der Waals surface area contributed by atoms with Crippen molar-refractivity contribution in [3.8, 4) is 5.82 Å². The van der Waals surface area contributed by atoms with Gasteiger partial charge in [-0.25, -0.2) is 0 Å². The fourth-order valence-electron chi connectivity index (χ4n) is 2.66. The summed E-state index contributed by atoms with van der Waals surface area (Å²) in [6.45, 7) is 2.93. The Morgan fingerprint density at radius 2 is 1.60 bits per heavy atom. The number of nitrogens with zero attached hydrogens (tertiary/aromatic N) is 4. The zero-order valence-corrected chi connectivity index (χ0v) is 15.6. The van der Waals surface area contributed by atoms with Gasteiger partial charge in [0.25, 0.3) is 11.6 Å². The molecule has 2 amide bonds. The standard InChI is InChI=1S/C19H26N4O2/c1-6-12-22-13-8-7-11-16(22)23-14-9-10-15(18(24)20(2)3)17(23)19(25)21(4)5/h7-11,13-14H,6,12H2,1-5H3/q+2. The van der Waals surface area contributed by atoms with E-state index in [1.165, 1.54) is 9.80 Å². The molecule has 0 N–H and O–H groups in total. The van der Waals surface area contributed by atoms with Crippen molar-refractivity contribution in [1.29, 1.82) is 0 Å². The smallest absolute Gasteiger partial charge is 0.345 e. The van der Waals surface area contributed by atoms with Crippen molar-refractivity contribution >= 4 is 11.8 Å². The molecule has 0 unspecified atom stereocenters. The van der Waals surface area contributed by atoms with Crippen LogP contribution in [0, 0.1) is 0 Å². The molecule has 0 aliphatic rings. The molecule has 6 heteroatoms. The van der Waals surface area contributed by atoms with Crippen molar-refractivity contribution in [2.24, 2.45) is 0 Å². The summed E-state index contributed by atoms with van der Waals surface area (Å²) in [5.74, 6) is 0.443. The molecular weight excluding hydrogens is 316 g/mol. The molecule has 6 nitrogen and oxygen atoms in total. The van der Waals surface area contributed by atoms with Gasteiger partial charge in [-0.3, -0.25) is 9.59 Å². The van der Waals surface area contributed by atoms with E-state index < -0.39 is 0 Å². The molecule has 2 aromatic heterocycles. The van der Waals surface area contributed by atoms with E-state index in [1.807, 2.05) is 30.6 Å². The van der Waals surface area contributed by atoms with Crippen molar-refractivity contribution in [3.05, 3.63) is 54.0 Å². The minimum Gasteiger partial charge on any atom is -0.345 e. The lowest BCUT2D eigenvalue weighted by atomic mass is 10.1. The van der Waals surface area contributed by atoms with Crippen molar-refractivity contribution in [2.45, 2.75) is 19.9 Å². The summed E-state index contributed by atoms with van der Waals surface area (Å²) >= 11 is 0. The average Bonchev–Trinajstić information content (AvgIpc) is 2.60. The molecule has 0 radical (unpaired) electrons. The van der Waals surface area contributed by atoms with Gasteiger partial charge in [-0.15, -0.1) is 4.57 Å². The zero-order valence-electron chi connectivity index (χ0n) is 15.6. The predicted octanol–water partition coefficient (Wildman–Crippen LogP) is 1.06. The fraction of sp³-hybridized carbons (Fsp3) is 0.368. The van der Waals surface area contributed by atoms with E-state index in [9.17, 15) is 9.59 Å². The zero-order chi connectivity index (χ0) is 18.6. The highest BCUT2D eigenvalue weighted by molar-refractivity contribution is 6.04. The van der Waals surface area contributed by atoms with Gasteiger partial charge in [0.1, 0.15) is 5.56 Å². The summed E-state index contributed by atoms with van der Waals surface area (Å²) < 4.78 is 3.88. The summed E-state index contributed by atoms with van der Waals surface area (Å²) in [5.41, 5.74) is 0.750. The number of aryl methyl sites for hydroxylation is 1. The highest BCUT2D eigenvalue weighted by atomic mass is 16.2. The maximum Gasteiger partial charge on any atom is 0.449 e. The molecule has 2 rings (SSSR count). The molecule has 0 aromatic carbocycles. The van der Waals surface area contributed by atoms with Gasteiger partial charge in [-0.2, -0.15) is 0 Å². The lowest BCUT2D eigenvalue weighted by Gasteiger charge is -2.14. The molecule has 0 bridgehead atoms. The van der Waals surface area contributed by atoms with Crippen LogP contribution in [-0.4, -0.2) is 49.8 Å². The third-order valence-corrected chi connectivity index (χ3v) is 3.87. The molecule has 2 heterocycles. The Hall–Kier alpha value is -2.76. The molecule has 0 aliphatic carbocycles. The van der Waals surface area contributed by atoms with Crippen LogP contribution in [0.1, 0.15) is 34.2 Å². The highest BCUT2D eigenvalue weighted by Gasteiger charge is 2.34. The second-order valence-corrected chi connectivity index (χ2v) is 6.29. The average molecular weight is 342 g/mol. The molecule has 0 fully saturated rings. The van der Waals surface area contributed by atoms with Gasteiger partial charge in [0.2, 0.25) is 0 Å². The van der Waals surface area contributed by atoms with E-state index in [1.54, 1.807) is 44.9 Å². The van der Waals surface area contributed by atoms with Gasteiger partial charge in [0, 0.05) is 46.7 Å². The number of pyridine rings is 2. The number of amides is 2. The van der Waals surface area contributed by atoms with E-state index in [2.05, 4.69) is 11.5 Å². The van der Waals surface area contributed by atoms with Gasteiger partial charge < -0.3 is 9.80 Å². The number of carbonyl (C=O) groups is 2. The minimum absolute atomic E-state index is 0.197. The minimum atomic E-state index is -0.210. The molecule has 0 atom stereocenters. The summed E-state index contributed by atoms with van der Waals surface area (Å²) in [7, 11) is 6.75. The molecule has 132 valence electrons. The van der Waals surface area contributed by atoms with E-state index in [4.69, 9.17) is 0 Å². The van der Waals surface area contributed by atoms with E-state index in [0.29, 0.717) is 11.3 Å². The number of carbonyl (C=O) groups excluding carboxylic acids is 2. The first-order valence-corrected chi connectivity index (χ1v) is 8.35. The maximum atomic E-state index is 12.9. The fourth-order valence-corrected chi connectivity index (χ4v) is 2.66. The van der Waals surface area contributed by atoms with Gasteiger partial charge in [0.05, 0.1) is 6.07 Å². The number of hydrogen-bond donors (Lipinski definition) is 0. The van der Waals surface area contributed by atoms with Gasteiger partial charge in [0.15, 0.2) is 18.9 Å². The Balaban J connectivity index is 2.77. The third-order valence-electron chi connectivity index (χ3n) is 3.87. The third kappa shape index (κ3) is 3.84. The van der Waals surface area contributed by atoms with E-state index >= 15 is 0 Å². The first-order chi connectivity index (χ1) is 11.9. The SMILES string of the molecule is CCC[n+]1ccccc1-[n+]1cccc(C(=O)N(C)C)c1C(=O)N(C)C. The number of hydrogen-bond acceptors (Lipinski definition) is 2. The van der Waals surface area contributed by atoms with Gasteiger partial charge >= 0.3 is 11.7 Å². The molecule has 0 saturated carbocycles. The van der Waals surface area contributed by atoms with Gasteiger partial charge in [-0.05, 0) is 12.1 Å². The molecule has 0 aliphatic heterocycles. The Bertz CT molecular complexity index is 785. The monoisotopic (exact) mass is 342 g/mol. The van der Waals surface area contributed by atoms with E-state index in [-0.39, 0.29) is 11.8 Å². The van der Waals surface area contributed by atoms with Crippen LogP contribution < -0.4 is 9.13 Å². The molecule has 0 spiro atoms.